The van der Waals surface area contributed by atoms with Crippen molar-refractivity contribution in [3.63, 3.8) is 0 Å². The van der Waals surface area contributed by atoms with Crippen molar-refractivity contribution in [2.45, 2.75) is 35.5 Å². The molecule has 1 saturated carbocycles. The number of nitrogens with zero attached hydrogens (tertiary/aromatic N) is 2. The van der Waals surface area contributed by atoms with Crippen LogP contribution in [-0.2, 0) is 24.6 Å². The smallest absolute Gasteiger partial charge is 0.339 e. The normalized spacial score (nSPS) is 15.1. The standard InChI is InChI=1S/C29H28N2O6S2/c1-37-29(32)23-16-22-17-24(31(28(22)30-19-23)39(35,36)26-10-4-3-5-11-26)18-27(20-8-6-7-9-20)21-12-14-25(15-13-21)38(2,33)34/h3-5,10-20H,6-9H2,1-2H3. The van der Waals surface area contributed by atoms with E-state index >= 15 is 0 Å². The van der Waals surface area contributed by atoms with Crippen LogP contribution < -0.4 is 0 Å². The highest BCUT2D eigenvalue weighted by atomic mass is 32.2. The molecule has 0 N–H and O–H groups in total. The Morgan fingerprint density at radius 1 is 0.923 bits per heavy atom. The van der Waals surface area contributed by atoms with Crippen molar-refractivity contribution in [2.75, 3.05) is 13.4 Å². The van der Waals surface area contributed by atoms with Gasteiger partial charge in [-0.15, -0.1) is 0 Å². The molecule has 1 aliphatic rings. The van der Waals surface area contributed by atoms with Gasteiger partial charge in [0.05, 0.1) is 28.2 Å². The molecule has 202 valence electrons. The second-order valence-corrected chi connectivity index (χ2v) is 13.5. The van der Waals surface area contributed by atoms with Crippen molar-refractivity contribution in [3.8, 4) is 0 Å². The summed E-state index contributed by atoms with van der Waals surface area (Å²) in [7, 11) is -6.14. The van der Waals surface area contributed by atoms with Gasteiger partial charge in [0.25, 0.3) is 10.0 Å². The fourth-order valence-electron chi connectivity index (χ4n) is 5.10. The zero-order chi connectivity index (χ0) is 27.8. The van der Waals surface area contributed by atoms with Gasteiger partial charge >= 0.3 is 5.97 Å². The van der Waals surface area contributed by atoms with Crippen molar-refractivity contribution in [2.24, 2.45) is 5.92 Å². The molecule has 2 heterocycles. The van der Waals surface area contributed by atoms with E-state index in [0.717, 1.165) is 43.1 Å². The number of fused-ring (bicyclic) bond motifs is 1. The first kappa shape index (κ1) is 26.8. The molecule has 2 aromatic carbocycles. The Labute approximate surface area is 227 Å². The van der Waals surface area contributed by atoms with E-state index in [2.05, 4.69) is 4.98 Å². The number of ether oxygens (including phenoxy) is 1. The Balaban J connectivity index is 1.76. The molecule has 5 rings (SSSR count). The Morgan fingerprint density at radius 2 is 1.59 bits per heavy atom. The van der Waals surface area contributed by atoms with E-state index in [4.69, 9.17) is 4.74 Å². The van der Waals surface area contributed by atoms with Gasteiger partial charge in [-0.3, -0.25) is 0 Å². The highest BCUT2D eigenvalue weighted by Gasteiger charge is 2.26. The summed E-state index contributed by atoms with van der Waals surface area (Å²) in [4.78, 5) is 16.9. The van der Waals surface area contributed by atoms with Gasteiger partial charge < -0.3 is 4.74 Å². The predicted octanol–water partition coefficient (Wildman–Crippen LogP) is 5.19. The van der Waals surface area contributed by atoms with E-state index in [1.807, 2.05) is 6.08 Å². The molecular weight excluding hydrogens is 536 g/mol. The van der Waals surface area contributed by atoms with E-state index < -0.39 is 25.8 Å². The SMILES string of the molecule is COC(=O)c1cnc2c(c1)cc(C=C(c1ccc(S(C)(=O)=O)cc1)C1CCCC1)n2S(=O)(=O)c1ccccc1. The van der Waals surface area contributed by atoms with E-state index in [1.165, 1.54) is 29.4 Å². The number of esters is 1. The van der Waals surface area contributed by atoms with Crippen LogP contribution in [0.4, 0.5) is 0 Å². The molecule has 0 bridgehead atoms. The van der Waals surface area contributed by atoms with Crippen LogP contribution in [0.1, 0.15) is 47.3 Å². The number of carbonyl (C=O) groups excluding carboxylic acids is 1. The quantitative estimate of drug-likeness (QED) is 0.284. The number of aromatic nitrogens is 2. The molecule has 0 unspecified atom stereocenters. The Morgan fingerprint density at radius 3 is 2.21 bits per heavy atom. The molecule has 8 nitrogen and oxygen atoms in total. The average Bonchev–Trinajstić information content (AvgIpc) is 3.59. The summed E-state index contributed by atoms with van der Waals surface area (Å²) in [6, 6.07) is 18.1. The molecule has 0 saturated heterocycles. The lowest BCUT2D eigenvalue weighted by Crippen LogP contribution is -2.15. The Bertz CT molecular complexity index is 1780. The van der Waals surface area contributed by atoms with Gasteiger partial charge in [0.1, 0.15) is 0 Å². The van der Waals surface area contributed by atoms with Gasteiger partial charge in [-0.25, -0.2) is 30.6 Å². The summed E-state index contributed by atoms with van der Waals surface area (Å²) < 4.78 is 57.9. The van der Waals surface area contributed by atoms with Crippen LogP contribution in [0.2, 0.25) is 0 Å². The van der Waals surface area contributed by atoms with Crippen molar-refractivity contribution in [1.82, 2.24) is 8.96 Å². The maximum absolute atomic E-state index is 13.9. The van der Waals surface area contributed by atoms with Crippen LogP contribution in [0.25, 0.3) is 22.7 Å². The molecule has 0 atom stereocenters. The third kappa shape index (κ3) is 5.26. The fourth-order valence-corrected chi connectivity index (χ4v) is 7.20. The average molecular weight is 565 g/mol. The summed E-state index contributed by atoms with van der Waals surface area (Å²) in [6.07, 6.45) is 8.31. The van der Waals surface area contributed by atoms with Crippen molar-refractivity contribution in [1.29, 1.82) is 0 Å². The number of pyridine rings is 1. The monoisotopic (exact) mass is 564 g/mol. The van der Waals surface area contributed by atoms with Crippen LogP contribution in [0, 0.1) is 5.92 Å². The minimum atomic E-state index is -4.05. The highest BCUT2D eigenvalue weighted by molar-refractivity contribution is 7.90. The molecule has 0 aliphatic heterocycles. The molecule has 0 spiro atoms. The van der Waals surface area contributed by atoms with E-state index in [-0.39, 0.29) is 26.9 Å². The zero-order valence-electron chi connectivity index (χ0n) is 21.6. The molecule has 0 amide bonds. The number of hydrogen-bond donors (Lipinski definition) is 0. The molecule has 10 heteroatoms. The first-order chi connectivity index (χ1) is 18.6. The summed E-state index contributed by atoms with van der Waals surface area (Å²) >= 11 is 0. The lowest BCUT2D eigenvalue weighted by molar-refractivity contribution is 0.0600. The molecule has 1 fully saturated rings. The zero-order valence-corrected chi connectivity index (χ0v) is 23.2. The number of rotatable bonds is 7. The second-order valence-electron chi connectivity index (χ2n) is 9.66. The lowest BCUT2D eigenvalue weighted by Gasteiger charge is -2.17. The number of carbonyl (C=O) groups is 1. The van der Waals surface area contributed by atoms with Crippen LogP contribution in [0.3, 0.4) is 0 Å². The van der Waals surface area contributed by atoms with Gasteiger partial charge in [-0.1, -0.05) is 43.2 Å². The van der Waals surface area contributed by atoms with E-state index in [9.17, 15) is 21.6 Å². The van der Waals surface area contributed by atoms with Crippen LogP contribution >= 0.6 is 0 Å². The number of methoxy groups -OCH3 is 1. The molecule has 2 aromatic heterocycles. The number of sulfone groups is 1. The first-order valence-electron chi connectivity index (χ1n) is 12.5. The molecule has 0 radical (unpaired) electrons. The highest BCUT2D eigenvalue weighted by Crippen LogP contribution is 2.39. The van der Waals surface area contributed by atoms with E-state index in [0.29, 0.717) is 11.1 Å². The maximum atomic E-state index is 13.9. The first-order valence-corrected chi connectivity index (χ1v) is 15.9. The topological polar surface area (TPSA) is 112 Å². The Kier molecular flexibility index (Phi) is 7.17. The fraction of sp³-hybridized carbons (Fsp3) is 0.241. The predicted molar refractivity (Wildman–Crippen MR) is 149 cm³/mol. The lowest BCUT2D eigenvalue weighted by atomic mass is 9.90. The Hall–Kier alpha value is -3.76. The number of hydrogen-bond acceptors (Lipinski definition) is 7. The van der Waals surface area contributed by atoms with Crippen molar-refractivity contribution < 1.29 is 26.4 Å². The summed E-state index contributed by atoms with van der Waals surface area (Å²) in [5.41, 5.74) is 2.54. The summed E-state index contributed by atoms with van der Waals surface area (Å²) in [5, 5.41) is 0.474. The van der Waals surface area contributed by atoms with E-state index in [1.54, 1.807) is 54.6 Å². The van der Waals surface area contributed by atoms with Gasteiger partial charge in [-0.2, -0.15) is 0 Å². The van der Waals surface area contributed by atoms with Gasteiger partial charge in [-0.05, 0) is 72.4 Å². The summed E-state index contributed by atoms with van der Waals surface area (Å²) in [5.74, 6) is -0.392. The largest absolute Gasteiger partial charge is 0.465 e. The molecule has 1 aliphatic carbocycles. The third-order valence-electron chi connectivity index (χ3n) is 7.04. The van der Waals surface area contributed by atoms with Crippen LogP contribution in [0.5, 0.6) is 0 Å². The van der Waals surface area contributed by atoms with Crippen LogP contribution in [0.15, 0.2) is 82.7 Å². The van der Waals surface area contributed by atoms with Crippen molar-refractivity contribution >= 4 is 48.5 Å². The molecule has 39 heavy (non-hydrogen) atoms. The number of benzene rings is 2. The maximum Gasteiger partial charge on any atom is 0.339 e. The van der Waals surface area contributed by atoms with Crippen LogP contribution in [-0.4, -0.2) is 45.1 Å². The minimum absolute atomic E-state index is 0.107. The van der Waals surface area contributed by atoms with Gasteiger partial charge in [0.15, 0.2) is 15.5 Å². The minimum Gasteiger partial charge on any atom is -0.465 e. The number of allylic oxidation sites excluding steroid dienone is 1. The van der Waals surface area contributed by atoms with Crippen molar-refractivity contribution in [3.05, 3.63) is 89.7 Å². The molecular formula is C29H28N2O6S2. The van der Waals surface area contributed by atoms with Gasteiger partial charge in [0.2, 0.25) is 0 Å². The third-order valence-corrected chi connectivity index (χ3v) is 9.90. The summed E-state index contributed by atoms with van der Waals surface area (Å²) in [6.45, 7) is 0. The molecule has 4 aromatic rings. The van der Waals surface area contributed by atoms with Gasteiger partial charge in [0, 0.05) is 17.8 Å². The second kappa shape index (κ2) is 10.4.